The molecule has 0 aromatic heterocycles. The Labute approximate surface area is 180 Å². The van der Waals surface area contributed by atoms with E-state index in [1.807, 2.05) is 13.0 Å². The number of allylic oxidation sites excluding steroid dienone is 2. The van der Waals surface area contributed by atoms with Crippen LogP contribution in [0.3, 0.4) is 0 Å². The number of imide groups is 1. The van der Waals surface area contributed by atoms with Crippen LogP contribution in [0.5, 0.6) is 11.5 Å². The van der Waals surface area contributed by atoms with Crippen molar-refractivity contribution in [3.05, 3.63) is 59.7 Å². The van der Waals surface area contributed by atoms with Gasteiger partial charge in [-0.1, -0.05) is 17.7 Å². The zero-order valence-electron chi connectivity index (χ0n) is 17.7. The Kier molecular flexibility index (Phi) is 5.50. The van der Waals surface area contributed by atoms with Gasteiger partial charge in [0.2, 0.25) is 11.8 Å². The molecule has 31 heavy (non-hydrogen) atoms. The summed E-state index contributed by atoms with van der Waals surface area (Å²) in [7, 11) is 3.06. The number of carbonyl (C=O) groups excluding carboxylic acids is 3. The quantitative estimate of drug-likeness (QED) is 0.587. The minimum absolute atomic E-state index is 0.197. The topological polar surface area (TPSA) is 84.9 Å². The van der Waals surface area contributed by atoms with Gasteiger partial charge in [-0.3, -0.25) is 19.3 Å². The number of nitrogens with zero attached hydrogens (tertiary/aromatic N) is 1. The second-order valence-electron chi connectivity index (χ2n) is 7.82. The number of amides is 3. The third kappa shape index (κ3) is 3.91. The maximum atomic E-state index is 13.0. The lowest BCUT2D eigenvalue weighted by molar-refractivity contribution is -0.122. The Morgan fingerprint density at radius 2 is 1.68 bits per heavy atom. The highest BCUT2D eigenvalue weighted by Crippen LogP contribution is 2.39. The van der Waals surface area contributed by atoms with Gasteiger partial charge in [0.15, 0.2) is 0 Å². The molecular formula is C24H24N2O5. The minimum atomic E-state index is -0.369. The van der Waals surface area contributed by atoms with Crippen molar-refractivity contribution in [1.82, 2.24) is 0 Å². The van der Waals surface area contributed by atoms with Crippen LogP contribution in [-0.2, 0) is 9.59 Å². The molecule has 1 heterocycles. The fourth-order valence-corrected chi connectivity index (χ4v) is 4.16. The zero-order valence-corrected chi connectivity index (χ0v) is 17.7. The van der Waals surface area contributed by atoms with E-state index < -0.39 is 0 Å². The SMILES string of the molecule is COc1cc(NC(=O)c2cccc(N3C(=O)[C@H]4CC=C(C)C[C@@H]4C3=O)c2)cc(OC)c1. The summed E-state index contributed by atoms with van der Waals surface area (Å²) in [5.41, 5.74) is 2.39. The first kappa shape index (κ1) is 20.7. The summed E-state index contributed by atoms with van der Waals surface area (Å²) in [6.45, 7) is 1.98. The number of nitrogens with one attached hydrogen (secondary N) is 1. The molecule has 0 radical (unpaired) electrons. The molecule has 2 aromatic rings. The van der Waals surface area contributed by atoms with Gasteiger partial charge in [0, 0.05) is 29.4 Å². The number of rotatable bonds is 5. The van der Waals surface area contributed by atoms with Crippen LogP contribution in [0.15, 0.2) is 54.1 Å². The predicted molar refractivity (Wildman–Crippen MR) is 116 cm³/mol. The van der Waals surface area contributed by atoms with E-state index in [1.54, 1.807) is 42.5 Å². The first-order valence-corrected chi connectivity index (χ1v) is 10.1. The molecule has 0 saturated carbocycles. The normalized spacial score (nSPS) is 20.2. The smallest absolute Gasteiger partial charge is 0.255 e. The summed E-state index contributed by atoms with van der Waals surface area (Å²) in [5.74, 6) is -0.318. The fraction of sp³-hybridized carbons (Fsp3) is 0.292. The molecular weight excluding hydrogens is 396 g/mol. The highest BCUT2D eigenvalue weighted by atomic mass is 16.5. The number of benzene rings is 2. The molecule has 2 atom stereocenters. The molecule has 1 N–H and O–H groups in total. The molecule has 160 valence electrons. The van der Waals surface area contributed by atoms with Crippen molar-refractivity contribution in [3.8, 4) is 11.5 Å². The lowest BCUT2D eigenvalue weighted by Crippen LogP contribution is -2.31. The van der Waals surface area contributed by atoms with E-state index in [1.165, 1.54) is 19.1 Å². The van der Waals surface area contributed by atoms with E-state index in [9.17, 15) is 14.4 Å². The number of fused-ring (bicyclic) bond motifs is 1. The second-order valence-corrected chi connectivity index (χ2v) is 7.82. The van der Waals surface area contributed by atoms with Gasteiger partial charge in [-0.2, -0.15) is 0 Å². The second kappa shape index (κ2) is 8.26. The molecule has 7 nitrogen and oxygen atoms in total. The average molecular weight is 420 g/mol. The Balaban J connectivity index is 1.57. The van der Waals surface area contributed by atoms with Gasteiger partial charge in [-0.25, -0.2) is 0 Å². The van der Waals surface area contributed by atoms with Crippen molar-refractivity contribution in [1.29, 1.82) is 0 Å². The number of methoxy groups -OCH3 is 2. The van der Waals surface area contributed by atoms with Gasteiger partial charge in [0.25, 0.3) is 5.91 Å². The highest BCUT2D eigenvalue weighted by Gasteiger charge is 2.48. The summed E-state index contributed by atoms with van der Waals surface area (Å²) in [6, 6.07) is 11.6. The summed E-state index contributed by atoms with van der Waals surface area (Å²) >= 11 is 0. The van der Waals surface area contributed by atoms with Crippen LogP contribution >= 0.6 is 0 Å². The zero-order chi connectivity index (χ0) is 22.1. The Hall–Kier alpha value is -3.61. The summed E-state index contributed by atoms with van der Waals surface area (Å²) in [6.07, 6.45) is 3.21. The summed E-state index contributed by atoms with van der Waals surface area (Å²) < 4.78 is 10.5. The number of hydrogen-bond donors (Lipinski definition) is 1. The van der Waals surface area contributed by atoms with Crippen LogP contribution in [0, 0.1) is 11.8 Å². The summed E-state index contributed by atoms with van der Waals surface area (Å²) in [4.78, 5) is 40.0. The van der Waals surface area contributed by atoms with Crippen LogP contribution < -0.4 is 19.7 Å². The first-order chi connectivity index (χ1) is 14.9. The van der Waals surface area contributed by atoms with E-state index >= 15 is 0 Å². The van der Waals surface area contributed by atoms with Gasteiger partial charge in [0.1, 0.15) is 11.5 Å². The van der Waals surface area contributed by atoms with Crippen LogP contribution in [-0.4, -0.2) is 31.9 Å². The predicted octanol–water partition coefficient (Wildman–Crippen LogP) is 3.80. The first-order valence-electron chi connectivity index (χ1n) is 10.1. The number of anilines is 2. The fourth-order valence-electron chi connectivity index (χ4n) is 4.16. The van der Waals surface area contributed by atoms with E-state index in [-0.39, 0.29) is 29.6 Å². The molecule has 2 aromatic carbocycles. The largest absolute Gasteiger partial charge is 0.497 e. The number of carbonyl (C=O) groups is 3. The Bertz CT molecular complexity index is 1070. The van der Waals surface area contributed by atoms with E-state index in [0.29, 0.717) is 41.3 Å². The van der Waals surface area contributed by atoms with Gasteiger partial charge in [-0.05, 0) is 38.0 Å². The van der Waals surface area contributed by atoms with Crippen molar-refractivity contribution < 1.29 is 23.9 Å². The molecule has 0 unspecified atom stereocenters. The Morgan fingerprint density at radius 1 is 1.00 bits per heavy atom. The van der Waals surface area contributed by atoms with Gasteiger partial charge in [-0.15, -0.1) is 0 Å². The van der Waals surface area contributed by atoms with Gasteiger partial charge >= 0.3 is 0 Å². The van der Waals surface area contributed by atoms with Crippen molar-refractivity contribution in [2.24, 2.45) is 11.8 Å². The maximum Gasteiger partial charge on any atom is 0.255 e. The molecule has 1 aliphatic carbocycles. The van der Waals surface area contributed by atoms with Crippen LogP contribution in [0.1, 0.15) is 30.1 Å². The van der Waals surface area contributed by atoms with Gasteiger partial charge < -0.3 is 14.8 Å². The van der Waals surface area contributed by atoms with Crippen molar-refractivity contribution >= 4 is 29.1 Å². The monoisotopic (exact) mass is 420 g/mol. The molecule has 1 fully saturated rings. The minimum Gasteiger partial charge on any atom is -0.497 e. The molecule has 7 heteroatoms. The molecule has 0 spiro atoms. The van der Waals surface area contributed by atoms with Crippen LogP contribution in [0.25, 0.3) is 0 Å². The standard InChI is InChI=1S/C24H24N2O5/c1-14-7-8-20-21(9-14)24(29)26(23(20)28)17-6-4-5-15(10-17)22(27)25-16-11-18(30-2)13-19(12-16)31-3/h4-7,10-13,20-21H,8-9H2,1-3H3,(H,25,27)/t20-,21-/m0/s1. The van der Waals surface area contributed by atoms with E-state index in [0.717, 1.165) is 5.57 Å². The van der Waals surface area contributed by atoms with Crippen LogP contribution in [0.4, 0.5) is 11.4 Å². The van der Waals surface area contributed by atoms with Gasteiger partial charge in [0.05, 0.1) is 31.7 Å². The van der Waals surface area contributed by atoms with E-state index in [2.05, 4.69) is 5.32 Å². The number of hydrogen-bond acceptors (Lipinski definition) is 5. The third-order valence-electron chi connectivity index (χ3n) is 5.80. The van der Waals surface area contributed by atoms with E-state index in [4.69, 9.17) is 9.47 Å². The molecule has 0 bridgehead atoms. The van der Waals surface area contributed by atoms with Crippen molar-refractivity contribution in [2.45, 2.75) is 19.8 Å². The van der Waals surface area contributed by atoms with Crippen LogP contribution in [0.2, 0.25) is 0 Å². The molecule has 1 aliphatic heterocycles. The summed E-state index contributed by atoms with van der Waals surface area (Å²) in [5, 5.41) is 2.81. The lowest BCUT2D eigenvalue weighted by atomic mass is 9.82. The molecule has 1 saturated heterocycles. The molecule has 2 aliphatic rings. The van der Waals surface area contributed by atoms with Crippen molar-refractivity contribution in [3.63, 3.8) is 0 Å². The maximum absolute atomic E-state index is 13.0. The Morgan fingerprint density at radius 3 is 2.35 bits per heavy atom. The molecule has 3 amide bonds. The highest BCUT2D eigenvalue weighted by molar-refractivity contribution is 6.22. The molecule has 4 rings (SSSR count). The van der Waals surface area contributed by atoms with Crippen molar-refractivity contribution in [2.75, 3.05) is 24.4 Å². The average Bonchev–Trinajstić information content (AvgIpc) is 3.02. The third-order valence-corrected chi connectivity index (χ3v) is 5.80. The number of ether oxygens (including phenoxy) is 2. The lowest BCUT2D eigenvalue weighted by Gasteiger charge is -2.18.